The van der Waals surface area contributed by atoms with E-state index in [4.69, 9.17) is 0 Å². The molecule has 0 rings (SSSR count). The topological polar surface area (TPSA) is 40.1 Å². The Balaban J connectivity index is 3.61. The maximum Gasteiger partial charge on any atom is 0.0671 e. The Kier molecular flexibility index (Phi) is 7.36. The molecule has 0 spiro atoms. The molecule has 0 aliphatic rings. The van der Waals surface area contributed by atoms with E-state index in [9.17, 15) is 9.90 Å². The van der Waals surface area contributed by atoms with Crippen LogP contribution in [-0.2, 0) is 4.79 Å². The maximum absolute atomic E-state index is 10.5. The second kappa shape index (κ2) is 7.84. The Labute approximate surface area is 80.7 Å². The average molecular weight is 183 g/mol. The van der Waals surface area contributed by atoms with Gasteiger partial charge in [0.25, 0.3) is 0 Å². The van der Waals surface area contributed by atoms with E-state index in [1.807, 2.05) is 6.92 Å². The molecule has 0 aliphatic carbocycles. The van der Waals surface area contributed by atoms with Crippen LogP contribution in [0.5, 0.6) is 0 Å². The quantitative estimate of drug-likeness (QED) is 0.447. The standard InChI is InChI=1S/C11H20O2/c1-3-5-6-7-8-9-10(4-2)11(12)13/h9H,3-8H2,1-2H3,(H,12,13)/p-1/b10-9-. The number of carbonyl (C=O) groups is 1. The highest BCUT2D eigenvalue weighted by Gasteiger charge is 1.93. The minimum atomic E-state index is -1.02. The lowest BCUT2D eigenvalue weighted by Gasteiger charge is -2.04. The fourth-order valence-electron chi connectivity index (χ4n) is 1.22. The van der Waals surface area contributed by atoms with Gasteiger partial charge in [0, 0.05) is 0 Å². The van der Waals surface area contributed by atoms with Crippen molar-refractivity contribution in [1.29, 1.82) is 0 Å². The van der Waals surface area contributed by atoms with Gasteiger partial charge < -0.3 is 9.90 Å². The van der Waals surface area contributed by atoms with E-state index in [0.29, 0.717) is 12.0 Å². The summed E-state index contributed by atoms with van der Waals surface area (Å²) in [6.45, 7) is 4.00. The minimum Gasteiger partial charge on any atom is -0.545 e. The molecule has 0 saturated heterocycles. The van der Waals surface area contributed by atoms with E-state index in [-0.39, 0.29) is 0 Å². The molecule has 0 N–H and O–H groups in total. The van der Waals surface area contributed by atoms with Crippen LogP contribution in [-0.4, -0.2) is 5.97 Å². The molecule has 0 heterocycles. The molecule has 76 valence electrons. The van der Waals surface area contributed by atoms with Gasteiger partial charge in [-0.15, -0.1) is 0 Å². The van der Waals surface area contributed by atoms with E-state index in [1.165, 1.54) is 19.3 Å². The zero-order chi connectivity index (χ0) is 10.1. The average Bonchev–Trinajstić information content (AvgIpc) is 2.10. The van der Waals surface area contributed by atoms with Crippen LogP contribution in [0.3, 0.4) is 0 Å². The SMILES string of the molecule is CCCCCC/C=C(/CC)C(=O)[O-]. The third-order valence-corrected chi connectivity index (χ3v) is 2.09. The van der Waals surface area contributed by atoms with Crippen LogP contribution in [0, 0.1) is 0 Å². The number of rotatable bonds is 7. The maximum atomic E-state index is 10.5. The predicted octanol–water partition coefficient (Wildman–Crippen LogP) is 2.04. The normalized spacial score (nSPS) is 11.7. The number of carbonyl (C=O) groups excluding carboxylic acids is 1. The molecule has 0 aromatic heterocycles. The first kappa shape index (κ1) is 12.2. The third-order valence-electron chi connectivity index (χ3n) is 2.09. The van der Waals surface area contributed by atoms with Gasteiger partial charge in [0.2, 0.25) is 0 Å². The van der Waals surface area contributed by atoms with Crippen LogP contribution >= 0.6 is 0 Å². The van der Waals surface area contributed by atoms with Gasteiger partial charge in [-0.2, -0.15) is 0 Å². The largest absolute Gasteiger partial charge is 0.545 e. The van der Waals surface area contributed by atoms with Crippen LogP contribution in [0.1, 0.15) is 52.4 Å². The van der Waals surface area contributed by atoms with E-state index in [2.05, 4.69) is 6.92 Å². The number of hydrogen-bond acceptors (Lipinski definition) is 2. The number of aliphatic carboxylic acids is 1. The molecule has 0 bridgehead atoms. The molecule has 0 saturated carbocycles. The van der Waals surface area contributed by atoms with Crippen molar-refractivity contribution < 1.29 is 9.90 Å². The monoisotopic (exact) mass is 183 g/mol. The number of hydrogen-bond donors (Lipinski definition) is 0. The first-order valence-corrected chi connectivity index (χ1v) is 5.12. The lowest BCUT2D eigenvalue weighted by Crippen LogP contribution is -2.24. The zero-order valence-electron chi connectivity index (χ0n) is 8.64. The lowest BCUT2D eigenvalue weighted by atomic mass is 10.1. The van der Waals surface area contributed by atoms with Gasteiger partial charge in [-0.05, 0) is 24.8 Å². The Bertz CT molecular complexity index is 171. The van der Waals surface area contributed by atoms with Crippen LogP contribution in [0.2, 0.25) is 0 Å². The molecule has 0 amide bonds. The summed E-state index contributed by atoms with van der Waals surface area (Å²) in [5.74, 6) is -1.02. The van der Waals surface area contributed by atoms with E-state index in [1.54, 1.807) is 6.08 Å². The molecular formula is C11H19O2-. The second-order valence-corrected chi connectivity index (χ2v) is 3.22. The van der Waals surface area contributed by atoms with E-state index in [0.717, 1.165) is 12.8 Å². The first-order chi connectivity index (χ1) is 6.22. The first-order valence-electron chi connectivity index (χ1n) is 5.12. The van der Waals surface area contributed by atoms with Gasteiger partial charge in [0.15, 0.2) is 0 Å². The summed E-state index contributed by atoms with van der Waals surface area (Å²) in [5, 5.41) is 10.5. The van der Waals surface area contributed by atoms with Crippen molar-refractivity contribution in [3.05, 3.63) is 11.6 Å². The summed E-state index contributed by atoms with van der Waals surface area (Å²) in [4.78, 5) is 10.5. The van der Waals surface area contributed by atoms with Crippen molar-refractivity contribution in [3.8, 4) is 0 Å². The molecule has 0 aromatic rings. The Morgan fingerprint density at radius 3 is 2.38 bits per heavy atom. The molecular weight excluding hydrogens is 164 g/mol. The highest BCUT2D eigenvalue weighted by molar-refractivity contribution is 5.84. The predicted molar refractivity (Wildman–Crippen MR) is 52.1 cm³/mol. The highest BCUT2D eigenvalue weighted by Crippen LogP contribution is 2.07. The van der Waals surface area contributed by atoms with Gasteiger partial charge in [0.1, 0.15) is 0 Å². The molecule has 0 atom stereocenters. The summed E-state index contributed by atoms with van der Waals surface area (Å²) in [5.41, 5.74) is 0.441. The van der Waals surface area contributed by atoms with Gasteiger partial charge in [-0.25, -0.2) is 0 Å². The summed E-state index contributed by atoms with van der Waals surface area (Å²) in [6, 6.07) is 0. The van der Waals surface area contributed by atoms with Crippen molar-refractivity contribution in [1.82, 2.24) is 0 Å². The second-order valence-electron chi connectivity index (χ2n) is 3.22. The van der Waals surface area contributed by atoms with Gasteiger partial charge >= 0.3 is 0 Å². The van der Waals surface area contributed by atoms with Crippen molar-refractivity contribution in [3.63, 3.8) is 0 Å². The minimum absolute atomic E-state index is 0.441. The van der Waals surface area contributed by atoms with E-state index >= 15 is 0 Å². The van der Waals surface area contributed by atoms with Gasteiger partial charge in [0.05, 0.1) is 5.97 Å². The van der Waals surface area contributed by atoms with Crippen molar-refractivity contribution in [2.75, 3.05) is 0 Å². The van der Waals surface area contributed by atoms with Gasteiger partial charge in [-0.1, -0.05) is 39.2 Å². The number of carboxylic acid groups (broad SMARTS) is 1. The molecule has 13 heavy (non-hydrogen) atoms. The molecule has 2 heteroatoms. The lowest BCUT2D eigenvalue weighted by molar-refractivity contribution is -0.299. The molecule has 0 fully saturated rings. The molecule has 0 aromatic carbocycles. The third kappa shape index (κ3) is 6.38. The van der Waals surface area contributed by atoms with Crippen LogP contribution < -0.4 is 5.11 Å². The fraction of sp³-hybridized carbons (Fsp3) is 0.727. The Morgan fingerprint density at radius 2 is 1.92 bits per heavy atom. The fourth-order valence-corrected chi connectivity index (χ4v) is 1.22. The molecule has 2 nitrogen and oxygen atoms in total. The molecule has 0 aliphatic heterocycles. The smallest absolute Gasteiger partial charge is 0.0671 e. The molecule has 0 radical (unpaired) electrons. The zero-order valence-corrected chi connectivity index (χ0v) is 8.64. The highest BCUT2D eigenvalue weighted by atomic mass is 16.4. The van der Waals surface area contributed by atoms with Crippen molar-refractivity contribution in [2.45, 2.75) is 52.4 Å². The van der Waals surface area contributed by atoms with Crippen LogP contribution in [0.4, 0.5) is 0 Å². The number of allylic oxidation sites excluding steroid dienone is 1. The number of unbranched alkanes of at least 4 members (excludes halogenated alkanes) is 4. The summed E-state index contributed by atoms with van der Waals surface area (Å²) < 4.78 is 0. The van der Waals surface area contributed by atoms with Crippen molar-refractivity contribution in [2.24, 2.45) is 0 Å². The Hall–Kier alpha value is -0.790. The number of carboxylic acids is 1. The summed E-state index contributed by atoms with van der Waals surface area (Å²) in [7, 11) is 0. The summed E-state index contributed by atoms with van der Waals surface area (Å²) >= 11 is 0. The molecule has 0 unspecified atom stereocenters. The van der Waals surface area contributed by atoms with Gasteiger partial charge in [-0.3, -0.25) is 0 Å². The summed E-state index contributed by atoms with van der Waals surface area (Å²) in [6.07, 6.45) is 7.96. The van der Waals surface area contributed by atoms with E-state index < -0.39 is 5.97 Å². The van der Waals surface area contributed by atoms with Crippen LogP contribution in [0.15, 0.2) is 11.6 Å². The van der Waals surface area contributed by atoms with Crippen LogP contribution in [0.25, 0.3) is 0 Å². The van der Waals surface area contributed by atoms with Crippen molar-refractivity contribution >= 4 is 5.97 Å². The Morgan fingerprint density at radius 1 is 1.23 bits per heavy atom.